The molecule has 158 valence electrons. The first-order valence-corrected chi connectivity index (χ1v) is 9.68. The summed E-state index contributed by atoms with van der Waals surface area (Å²) >= 11 is 0. The van der Waals surface area contributed by atoms with Crippen molar-refractivity contribution in [3.05, 3.63) is 70.8 Å². The van der Waals surface area contributed by atoms with Crippen molar-refractivity contribution in [1.29, 1.82) is 0 Å². The zero-order chi connectivity index (χ0) is 22.1. The van der Waals surface area contributed by atoms with E-state index in [2.05, 4.69) is 0 Å². The lowest BCUT2D eigenvalue weighted by Crippen LogP contribution is -2.32. The molecule has 1 aliphatic heterocycles. The van der Waals surface area contributed by atoms with E-state index in [4.69, 9.17) is 17.2 Å². The van der Waals surface area contributed by atoms with Crippen molar-refractivity contribution >= 4 is 23.6 Å². The van der Waals surface area contributed by atoms with E-state index in [9.17, 15) is 19.2 Å². The zero-order valence-electron chi connectivity index (χ0n) is 16.7. The zero-order valence-corrected chi connectivity index (χ0v) is 16.7. The Kier molecular flexibility index (Phi) is 8.10. The van der Waals surface area contributed by atoms with Gasteiger partial charge in [-0.15, -0.1) is 0 Å². The SMILES string of the molecule is NC(=O)c1ccc(C(N)=O)cc1.NC(=O)c1cccc(C(=O)N2CCCCCC2)c1. The fraction of sp³-hybridized carbons (Fsp3) is 0.273. The van der Waals surface area contributed by atoms with Crippen LogP contribution in [0.1, 0.15) is 67.1 Å². The number of nitrogens with zero attached hydrogens (tertiary/aromatic N) is 1. The number of nitrogens with two attached hydrogens (primary N) is 3. The van der Waals surface area contributed by atoms with Crippen LogP contribution in [0.5, 0.6) is 0 Å². The molecule has 3 rings (SSSR count). The van der Waals surface area contributed by atoms with Crippen LogP contribution in [0.25, 0.3) is 0 Å². The summed E-state index contributed by atoms with van der Waals surface area (Å²) in [6.07, 6.45) is 4.48. The van der Waals surface area contributed by atoms with Crippen molar-refractivity contribution in [3.63, 3.8) is 0 Å². The van der Waals surface area contributed by atoms with Crippen molar-refractivity contribution in [2.24, 2.45) is 17.2 Å². The lowest BCUT2D eigenvalue weighted by molar-refractivity contribution is 0.0761. The molecule has 1 aliphatic rings. The van der Waals surface area contributed by atoms with E-state index < -0.39 is 17.7 Å². The second-order valence-electron chi connectivity index (χ2n) is 6.96. The molecule has 6 N–H and O–H groups in total. The third-order valence-electron chi connectivity index (χ3n) is 4.74. The third kappa shape index (κ3) is 6.44. The van der Waals surface area contributed by atoms with Gasteiger partial charge in [-0.1, -0.05) is 18.9 Å². The van der Waals surface area contributed by atoms with Gasteiger partial charge < -0.3 is 22.1 Å². The molecule has 2 aromatic carbocycles. The molecule has 0 atom stereocenters. The highest BCUT2D eigenvalue weighted by Crippen LogP contribution is 2.14. The number of carbonyl (C=O) groups excluding carboxylic acids is 4. The number of hydrogen-bond acceptors (Lipinski definition) is 4. The number of rotatable bonds is 4. The largest absolute Gasteiger partial charge is 0.366 e. The van der Waals surface area contributed by atoms with Crippen LogP contribution in [-0.2, 0) is 0 Å². The average molecular weight is 410 g/mol. The van der Waals surface area contributed by atoms with E-state index >= 15 is 0 Å². The summed E-state index contributed by atoms with van der Waals surface area (Å²) < 4.78 is 0. The molecule has 4 amide bonds. The van der Waals surface area contributed by atoms with Gasteiger partial charge in [0.1, 0.15) is 0 Å². The molecule has 0 aliphatic carbocycles. The van der Waals surface area contributed by atoms with Gasteiger partial charge in [0.2, 0.25) is 17.7 Å². The molecule has 8 heteroatoms. The van der Waals surface area contributed by atoms with Crippen LogP contribution in [0.2, 0.25) is 0 Å². The van der Waals surface area contributed by atoms with Crippen LogP contribution in [0.15, 0.2) is 48.5 Å². The van der Waals surface area contributed by atoms with Gasteiger partial charge in [0, 0.05) is 35.3 Å². The van der Waals surface area contributed by atoms with E-state index in [0.717, 1.165) is 25.9 Å². The number of benzene rings is 2. The van der Waals surface area contributed by atoms with Gasteiger partial charge in [-0.2, -0.15) is 0 Å². The van der Waals surface area contributed by atoms with E-state index in [-0.39, 0.29) is 5.91 Å². The van der Waals surface area contributed by atoms with Crippen LogP contribution < -0.4 is 17.2 Å². The van der Waals surface area contributed by atoms with Crippen LogP contribution in [0.4, 0.5) is 0 Å². The molecular formula is C22H26N4O4. The van der Waals surface area contributed by atoms with E-state index in [1.54, 1.807) is 24.3 Å². The van der Waals surface area contributed by atoms with Crippen LogP contribution in [0, 0.1) is 0 Å². The smallest absolute Gasteiger partial charge is 0.253 e. The van der Waals surface area contributed by atoms with Gasteiger partial charge in [-0.05, 0) is 55.3 Å². The topological polar surface area (TPSA) is 150 Å². The predicted octanol–water partition coefficient (Wildman–Crippen LogP) is 1.69. The third-order valence-corrected chi connectivity index (χ3v) is 4.74. The second kappa shape index (κ2) is 10.8. The lowest BCUT2D eigenvalue weighted by Gasteiger charge is -2.20. The Hall–Kier alpha value is -3.68. The predicted molar refractivity (Wildman–Crippen MR) is 113 cm³/mol. The summed E-state index contributed by atoms with van der Waals surface area (Å²) in [5.74, 6) is -1.54. The lowest BCUT2D eigenvalue weighted by atomic mass is 10.1. The minimum atomic E-state index is -0.522. The van der Waals surface area contributed by atoms with E-state index in [1.807, 2.05) is 4.90 Å². The Bertz CT molecular complexity index is 884. The van der Waals surface area contributed by atoms with E-state index in [1.165, 1.54) is 37.1 Å². The molecule has 0 radical (unpaired) electrons. The van der Waals surface area contributed by atoms with Gasteiger partial charge in [0.05, 0.1) is 0 Å². The van der Waals surface area contributed by atoms with Crippen LogP contribution in [0.3, 0.4) is 0 Å². The van der Waals surface area contributed by atoms with Crippen molar-refractivity contribution in [3.8, 4) is 0 Å². The summed E-state index contributed by atoms with van der Waals surface area (Å²) in [5.41, 5.74) is 16.8. The van der Waals surface area contributed by atoms with Crippen molar-refractivity contribution < 1.29 is 19.2 Å². The number of carbonyl (C=O) groups is 4. The number of amides is 4. The van der Waals surface area contributed by atoms with Gasteiger partial charge in [-0.3, -0.25) is 19.2 Å². The summed E-state index contributed by atoms with van der Waals surface area (Å²) in [5, 5.41) is 0. The van der Waals surface area contributed by atoms with Gasteiger partial charge >= 0.3 is 0 Å². The molecule has 0 unspecified atom stereocenters. The summed E-state index contributed by atoms with van der Waals surface area (Å²) in [6.45, 7) is 1.61. The maximum Gasteiger partial charge on any atom is 0.253 e. The maximum atomic E-state index is 12.3. The monoisotopic (exact) mass is 410 g/mol. The Balaban J connectivity index is 0.000000232. The molecule has 1 saturated heterocycles. The van der Waals surface area contributed by atoms with Crippen molar-refractivity contribution in [2.45, 2.75) is 25.7 Å². The molecule has 1 heterocycles. The molecule has 0 bridgehead atoms. The van der Waals surface area contributed by atoms with Crippen LogP contribution in [-0.4, -0.2) is 41.6 Å². The van der Waals surface area contributed by atoms with E-state index in [0.29, 0.717) is 22.3 Å². The number of primary amides is 3. The Morgan fingerprint density at radius 1 is 0.600 bits per heavy atom. The number of hydrogen-bond donors (Lipinski definition) is 3. The molecule has 8 nitrogen and oxygen atoms in total. The summed E-state index contributed by atoms with van der Waals surface area (Å²) in [4.78, 5) is 46.4. The Morgan fingerprint density at radius 2 is 1.03 bits per heavy atom. The summed E-state index contributed by atoms with van der Waals surface area (Å²) in [6, 6.07) is 12.5. The van der Waals surface area contributed by atoms with Crippen molar-refractivity contribution in [2.75, 3.05) is 13.1 Å². The molecule has 0 saturated carbocycles. The normalized spacial score (nSPS) is 13.4. The first-order chi connectivity index (χ1) is 14.3. The first-order valence-electron chi connectivity index (χ1n) is 9.68. The number of likely N-dealkylation sites (tertiary alicyclic amines) is 1. The average Bonchev–Trinajstić information content (AvgIpc) is 3.03. The van der Waals surface area contributed by atoms with Gasteiger partial charge in [0.25, 0.3) is 5.91 Å². The quantitative estimate of drug-likeness (QED) is 0.703. The van der Waals surface area contributed by atoms with Gasteiger partial charge in [-0.25, -0.2) is 0 Å². The molecular weight excluding hydrogens is 384 g/mol. The fourth-order valence-electron chi connectivity index (χ4n) is 3.06. The Morgan fingerprint density at radius 3 is 1.47 bits per heavy atom. The minimum Gasteiger partial charge on any atom is -0.366 e. The molecule has 0 aromatic heterocycles. The molecule has 30 heavy (non-hydrogen) atoms. The molecule has 2 aromatic rings. The van der Waals surface area contributed by atoms with Crippen molar-refractivity contribution in [1.82, 2.24) is 4.90 Å². The summed E-state index contributed by atoms with van der Waals surface area (Å²) in [7, 11) is 0. The highest BCUT2D eigenvalue weighted by Gasteiger charge is 2.17. The fourth-order valence-corrected chi connectivity index (χ4v) is 3.06. The standard InChI is InChI=1S/C14H18N2O2.C8H8N2O2/c15-13(17)11-6-5-7-12(10-11)14(18)16-8-3-1-2-4-9-16;9-7(11)5-1-2-6(4-3-5)8(10)12/h5-7,10H,1-4,8-9H2,(H2,15,17);1-4H,(H2,9,11)(H2,10,12). The maximum absolute atomic E-state index is 12.3. The van der Waals surface area contributed by atoms with Crippen LogP contribution >= 0.6 is 0 Å². The minimum absolute atomic E-state index is 0.000000000000000444. The highest BCUT2D eigenvalue weighted by molar-refractivity contribution is 5.99. The molecule has 0 spiro atoms. The Labute approximate surface area is 175 Å². The molecule has 1 fully saturated rings. The second-order valence-corrected chi connectivity index (χ2v) is 6.96. The van der Waals surface area contributed by atoms with Gasteiger partial charge in [0.15, 0.2) is 0 Å². The first kappa shape index (κ1) is 22.6. The highest BCUT2D eigenvalue weighted by atomic mass is 16.2.